The van der Waals surface area contributed by atoms with Crippen LogP contribution in [0.1, 0.15) is 36.0 Å². The third kappa shape index (κ3) is 3.00. The molecule has 1 aliphatic heterocycles. The molecule has 1 aliphatic rings. The van der Waals surface area contributed by atoms with Gasteiger partial charge in [0.2, 0.25) is 0 Å². The van der Waals surface area contributed by atoms with Crippen LogP contribution in [-0.2, 0) is 0 Å². The molecule has 1 fully saturated rings. The number of carbonyl (C=O) groups is 1. The second kappa shape index (κ2) is 5.54. The lowest BCUT2D eigenvalue weighted by molar-refractivity contribution is 0.0696. The average Bonchev–Trinajstić information content (AvgIpc) is 2.58. The lowest BCUT2D eigenvalue weighted by Crippen LogP contribution is -2.24. The van der Waals surface area contributed by atoms with Gasteiger partial charge in [-0.1, -0.05) is 12.8 Å². The summed E-state index contributed by atoms with van der Waals surface area (Å²) in [5.41, 5.74) is 1.36. The summed E-state index contributed by atoms with van der Waals surface area (Å²) in [5.74, 6) is -0.881. The van der Waals surface area contributed by atoms with E-state index in [1.54, 1.807) is 6.07 Å². The molecule has 1 saturated heterocycles. The van der Waals surface area contributed by atoms with E-state index in [1.807, 2.05) is 12.1 Å². The molecule has 4 heteroatoms. The van der Waals surface area contributed by atoms with E-state index in [-0.39, 0.29) is 0 Å². The van der Waals surface area contributed by atoms with Crippen molar-refractivity contribution in [3.05, 3.63) is 28.2 Å². The SMILES string of the molecule is O=C(O)c1cc(N2CCCCCC2)ccc1Br. The Hall–Kier alpha value is -1.03. The van der Waals surface area contributed by atoms with Gasteiger partial charge in [0.15, 0.2) is 0 Å². The predicted octanol–water partition coefficient (Wildman–Crippen LogP) is 3.53. The molecule has 0 bridgehead atoms. The molecule has 0 amide bonds. The van der Waals surface area contributed by atoms with E-state index in [1.165, 1.54) is 25.7 Å². The number of rotatable bonds is 2. The topological polar surface area (TPSA) is 40.5 Å². The second-order valence-electron chi connectivity index (χ2n) is 4.37. The molecule has 0 unspecified atom stereocenters. The molecule has 1 aromatic rings. The number of anilines is 1. The lowest BCUT2D eigenvalue weighted by Gasteiger charge is -2.23. The van der Waals surface area contributed by atoms with Crippen LogP contribution < -0.4 is 4.90 Å². The number of carboxylic acid groups (broad SMARTS) is 1. The van der Waals surface area contributed by atoms with Crippen LogP contribution in [0.25, 0.3) is 0 Å². The van der Waals surface area contributed by atoms with Gasteiger partial charge in [-0.3, -0.25) is 0 Å². The molecule has 0 saturated carbocycles. The Morgan fingerprint density at radius 1 is 1.18 bits per heavy atom. The first-order valence-corrected chi connectivity index (χ1v) is 6.75. The molecular formula is C13H16BrNO2. The summed E-state index contributed by atoms with van der Waals surface area (Å²) in [7, 11) is 0. The molecule has 0 spiro atoms. The Labute approximate surface area is 110 Å². The van der Waals surface area contributed by atoms with Crippen molar-refractivity contribution in [2.75, 3.05) is 18.0 Å². The van der Waals surface area contributed by atoms with Gasteiger partial charge in [-0.2, -0.15) is 0 Å². The van der Waals surface area contributed by atoms with Gasteiger partial charge in [-0.25, -0.2) is 4.79 Å². The van der Waals surface area contributed by atoms with Crippen molar-refractivity contribution in [1.82, 2.24) is 0 Å². The minimum absolute atomic E-state index is 0.340. The van der Waals surface area contributed by atoms with Gasteiger partial charge in [0.25, 0.3) is 0 Å². The van der Waals surface area contributed by atoms with Crippen molar-refractivity contribution in [3.8, 4) is 0 Å². The van der Waals surface area contributed by atoms with Crippen LogP contribution >= 0.6 is 15.9 Å². The minimum Gasteiger partial charge on any atom is -0.478 e. The summed E-state index contributed by atoms with van der Waals surface area (Å²) in [6, 6.07) is 5.57. The van der Waals surface area contributed by atoms with E-state index in [0.29, 0.717) is 10.0 Å². The molecule has 2 rings (SSSR count). The molecule has 0 atom stereocenters. The highest BCUT2D eigenvalue weighted by Crippen LogP contribution is 2.25. The van der Waals surface area contributed by atoms with Gasteiger partial charge in [-0.15, -0.1) is 0 Å². The largest absolute Gasteiger partial charge is 0.478 e. The maximum Gasteiger partial charge on any atom is 0.336 e. The van der Waals surface area contributed by atoms with Crippen molar-refractivity contribution < 1.29 is 9.90 Å². The first-order valence-electron chi connectivity index (χ1n) is 5.96. The zero-order valence-electron chi connectivity index (χ0n) is 9.66. The Morgan fingerprint density at radius 2 is 1.82 bits per heavy atom. The third-order valence-corrected chi connectivity index (χ3v) is 3.84. The van der Waals surface area contributed by atoms with Crippen LogP contribution in [0.2, 0.25) is 0 Å². The predicted molar refractivity (Wildman–Crippen MR) is 71.8 cm³/mol. The van der Waals surface area contributed by atoms with E-state index in [0.717, 1.165) is 18.8 Å². The van der Waals surface area contributed by atoms with Crippen LogP contribution in [0.5, 0.6) is 0 Å². The van der Waals surface area contributed by atoms with Crippen LogP contribution in [0, 0.1) is 0 Å². The molecule has 0 aromatic heterocycles. The highest BCUT2D eigenvalue weighted by molar-refractivity contribution is 9.10. The summed E-state index contributed by atoms with van der Waals surface area (Å²) in [6.45, 7) is 2.06. The normalized spacial score (nSPS) is 16.6. The number of hydrogen-bond acceptors (Lipinski definition) is 2. The van der Waals surface area contributed by atoms with Crippen molar-refractivity contribution in [3.63, 3.8) is 0 Å². The molecule has 1 aromatic carbocycles. The summed E-state index contributed by atoms with van der Waals surface area (Å²) in [5, 5.41) is 9.10. The fourth-order valence-electron chi connectivity index (χ4n) is 2.20. The Bertz CT molecular complexity index is 412. The lowest BCUT2D eigenvalue weighted by atomic mass is 10.2. The standard InChI is InChI=1S/C13H16BrNO2/c14-12-6-5-10(9-11(12)13(16)17)15-7-3-1-2-4-8-15/h5-6,9H,1-4,7-8H2,(H,16,17). The number of halogens is 1. The smallest absolute Gasteiger partial charge is 0.336 e. The van der Waals surface area contributed by atoms with E-state index >= 15 is 0 Å². The van der Waals surface area contributed by atoms with Crippen LogP contribution in [-0.4, -0.2) is 24.2 Å². The molecule has 0 aliphatic carbocycles. The first-order chi connectivity index (χ1) is 8.18. The van der Waals surface area contributed by atoms with Gasteiger partial charge in [-0.05, 0) is 47.0 Å². The highest BCUT2D eigenvalue weighted by Gasteiger charge is 2.14. The Kier molecular flexibility index (Phi) is 4.05. The van der Waals surface area contributed by atoms with Crippen molar-refractivity contribution in [2.45, 2.75) is 25.7 Å². The van der Waals surface area contributed by atoms with Gasteiger partial charge in [0, 0.05) is 23.2 Å². The molecular weight excluding hydrogens is 282 g/mol. The average molecular weight is 298 g/mol. The maximum atomic E-state index is 11.1. The molecule has 17 heavy (non-hydrogen) atoms. The van der Waals surface area contributed by atoms with Crippen molar-refractivity contribution >= 4 is 27.6 Å². The molecule has 1 heterocycles. The fourth-order valence-corrected chi connectivity index (χ4v) is 2.62. The number of aromatic carboxylic acids is 1. The van der Waals surface area contributed by atoms with E-state index in [2.05, 4.69) is 20.8 Å². The summed E-state index contributed by atoms with van der Waals surface area (Å²) < 4.78 is 0.642. The van der Waals surface area contributed by atoms with Crippen LogP contribution in [0.15, 0.2) is 22.7 Å². The van der Waals surface area contributed by atoms with E-state index in [4.69, 9.17) is 5.11 Å². The summed E-state index contributed by atoms with van der Waals surface area (Å²) >= 11 is 3.27. The first kappa shape index (κ1) is 12.4. The van der Waals surface area contributed by atoms with E-state index in [9.17, 15) is 4.79 Å². The van der Waals surface area contributed by atoms with Crippen molar-refractivity contribution in [1.29, 1.82) is 0 Å². The van der Waals surface area contributed by atoms with Gasteiger partial charge in [0.05, 0.1) is 5.56 Å². The number of hydrogen-bond donors (Lipinski definition) is 1. The molecule has 92 valence electrons. The molecule has 3 nitrogen and oxygen atoms in total. The monoisotopic (exact) mass is 297 g/mol. The van der Waals surface area contributed by atoms with Gasteiger partial charge in [0.1, 0.15) is 0 Å². The van der Waals surface area contributed by atoms with Crippen LogP contribution in [0.3, 0.4) is 0 Å². The number of benzene rings is 1. The van der Waals surface area contributed by atoms with Gasteiger partial charge >= 0.3 is 5.97 Å². The second-order valence-corrected chi connectivity index (χ2v) is 5.22. The molecule has 0 radical (unpaired) electrons. The van der Waals surface area contributed by atoms with Crippen molar-refractivity contribution in [2.24, 2.45) is 0 Å². The zero-order chi connectivity index (χ0) is 12.3. The van der Waals surface area contributed by atoms with Crippen LogP contribution in [0.4, 0.5) is 5.69 Å². The fraction of sp³-hybridized carbons (Fsp3) is 0.462. The zero-order valence-corrected chi connectivity index (χ0v) is 11.2. The Morgan fingerprint density at radius 3 is 2.41 bits per heavy atom. The highest BCUT2D eigenvalue weighted by atomic mass is 79.9. The number of nitrogens with zero attached hydrogens (tertiary/aromatic N) is 1. The molecule has 1 N–H and O–H groups in total. The summed E-state index contributed by atoms with van der Waals surface area (Å²) in [4.78, 5) is 13.4. The minimum atomic E-state index is -0.881. The Balaban J connectivity index is 2.25. The van der Waals surface area contributed by atoms with E-state index < -0.39 is 5.97 Å². The van der Waals surface area contributed by atoms with Gasteiger partial charge < -0.3 is 10.0 Å². The summed E-state index contributed by atoms with van der Waals surface area (Å²) in [6.07, 6.45) is 4.94. The maximum absolute atomic E-state index is 11.1. The third-order valence-electron chi connectivity index (χ3n) is 3.15. The number of carboxylic acids is 1. The quantitative estimate of drug-likeness (QED) is 0.908.